The zero-order valence-corrected chi connectivity index (χ0v) is 9.58. The molecule has 1 saturated carbocycles. The zero-order valence-electron chi connectivity index (χ0n) is 9.58. The Balaban J connectivity index is 1.60. The molecule has 1 aliphatic rings. The standard InChI is InChI=1S/C12H21N3/c1-15-12(7-9-14-15)6-8-13-10-11-4-2-3-5-11/h7,9,11,13H,2-6,8,10H2,1H3. The molecule has 0 spiro atoms. The predicted molar refractivity (Wildman–Crippen MR) is 61.7 cm³/mol. The van der Waals surface area contributed by atoms with Crippen molar-refractivity contribution in [1.29, 1.82) is 0 Å². The second kappa shape index (κ2) is 5.31. The lowest BCUT2D eigenvalue weighted by atomic mass is 10.1. The van der Waals surface area contributed by atoms with Crippen LogP contribution in [0, 0.1) is 5.92 Å². The maximum Gasteiger partial charge on any atom is 0.0492 e. The Morgan fingerprint density at radius 1 is 1.47 bits per heavy atom. The van der Waals surface area contributed by atoms with Gasteiger partial charge in [0.25, 0.3) is 0 Å². The van der Waals surface area contributed by atoms with Gasteiger partial charge in [-0.25, -0.2) is 0 Å². The van der Waals surface area contributed by atoms with E-state index in [1.807, 2.05) is 17.9 Å². The van der Waals surface area contributed by atoms with Gasteiger partial charge in [0.05, 0.1) is 0 Å². The molecule has 0 aliphatic heterocycles. The molecule has 0 aromatic carbocycles. The molecule has 2 rings (SSSR count). The summed E-state index contributed by atoms with van der Waals surface area (Å²) in [6.45, 7) is 2.29. The Morgan fingerprint density at radius 3 is 2.93 bits per heavy atom. The molecular weight excluding hydrogens is 186 g/mol. The van der Waals surface area contributed by atoms with Crippen LogP contribution in [0.2, 0.25) is 0 Å². The predicted octanol–water partition coefficient (Wildman–Crippen LogP) is 1.74. The van der Waals surface area contributed by atoms with Crippen LogP contribution in [-0.4, -0.2) is 22.9 Å². The van der Waals surface area contributed by atoms with Crippen molar-refractivity contribution in [3.8, 4) is 0 Å². The maximum absolute atomic E-state index is 4.16. The normalized spacial score (nSPS) is 17.4. The molecular formula is C12H21N3. The van der Waals surface area contributed by atoms with Crippen LogP contribution in [0.1, 0.15) is 31.4 Å². The lowest BCUT2D eigenvalue weighted by molar-refractivity contribution is 0.489. The number of rotatable bonds is 5. The third-order valence-electron chi connectivity index (χ3n) is 3.39. The van der Waals surface area contributed by atoms with Crippen LogP contribution in [0.4, 0.5) is 0 Å². The molecule has 15 heavy (non-hydrogen) atoms. The van der Waals surface area contributed by atoms with Gasteiger partial charge in [0.15, 0.2) is 0 Å². The van der Waals surface area contributed by atoms with E-state index < -0.39 is 0 Å². The van der Waals surface area contributed by atoms with Crippen LogP contribution in [0.15, 0.2) is 12.3 Å². The van der Waals surface area contributed by atoms with Crippen molar-refractivity contribution in [3.63, 3.8) is 0 Å². The molecule has 3 heteroatoms. The molecule has 84 valence electrons. The summed E-state index contributed by atoms with van der Waals surface area (Å²) in [5, 5.41) is 7.71. The fourth-order valence-corrected chi connectivity index (χ4v) is 2.38. The molecule has 1 aromatic rings. The summed E-state index contributed by atoms with van der Waals surface area (Å²) in [4.78, 5) is 0. The van der Waals surface area contributed by atoms with Crippen molar-refractivity contribution in [2.24, 2.45) is 13.0 Å². The number of aromatic nitrogens is 2. The number of hydrogen-bond acceptors (Lipinski definition) is 2. The molecule has 1 heterocycles. The summed E-state index contributed by atoms with van der Waals surface area (Å²) in [7, 11) is 2.01. The first kappa shape index (κ1) is 10.7. The van der Waals surface area contributed by atoms with E-state index in [4.69, 9.17) is 0 Å². The average Bonchev–Trinajstić information content (AvgIpc) is 2.85. The topological polar surface area (TPSA) is 29.9 Å². The summed E-state index contributed by atoms with van der Waals surface area (Å²) in [6.07, 6.45) is 8.69. The number of hydrogen-bond donors (Lipinski definition) is 1. The molecule has 1 aliphatic carbocycles. The highest BCUT2D eigenvalue weighted by molar-refractivity contribution is 5.00. The highest BCUT2D eigenvalue weighted by Gasteiger charge is 2.13. The number of nitrogens with one attached hydrogen (secondary N) is 1. The molecule has 0 bridgehead atoms. The van der Waals surface area contributed by atoms with Gasteiger partial charge < -0.3 is 5.32 Å². The number of aryl methyl sites for hydroxylation is 1. The van der Waals surface area contributed by atoms with Crippen LogP contribution in [0.3, 0.4) is 0 Å². The highest BCUT2D eigenvalue weighted by Crippen LogP contribution is 2.23. The summed E-state index contributed by atoms with van der Waals surface area (Å²) in [5.41, 5.74) is 1.31. The Morgan fingerprint density at radius 2 is 2.27 bits per heavy atom. The van der Waals surface area contributed by atoms with E-state index in [0.29, 0.717) is 0 Å². The average molecular weight is 207 g/mol. The van der Waals surface area contributed by atoms with Gasteiger partial charge in [0.2, 0.25) is 0 Å². The highest BCUT2D eigenvalue weighted by atomic mass is 15.3. The summed E-state index contributed by atoms with van der Waals surface area (Å²) < 4.78 is 1.96. The van der Waals surface area contributed by atoms with Crippen LogP contribution in [-0.2, 0) is 13.5 Å². The van der Waals surface area contributed by atoms with Crippen molar-refractivity contribution in [3.05, 3.63) is 18.0 Å². The molecule has 0 radical (unpaired) electrons. The molecule has 3 nitrogen and oxygen atoms in total. The van der Waals surface area contributed by atoms with Crippen LogP contribution >= 0.6 is 0 Å². The molecule has 1 N–H and O–H groups in total. The van der Waals surface area contributed by atoms with Crippen molar-refractivity contribution in [2.45, 2.75) is 32.1 Å². The second-order valence-corrected chi connectivity index (χ2v) is 4.55. The molecule has 1 fully saturated rings. The first-order chi connectivity index (χ1) is 7.36. The fraction of sp³-hybridized carbons (Fsp3) is 0.750. The lowest BCUT2D eigenvalue weighted by Gasteiger charge is -2.10. The van der Waals surface area contributed by atoms with Gasteiger partial charge in [-0.1, -0.05) is 12.8 Å². The minimum Gasteiger partial charge on any atom is -0.316 e. The zero-order chi connectivity index (χ0) is 10.5. The Bertz CT molecular complexity index is 287. The minimum absolute atomic E-state index is 0.941. The minimum atomic E-state index is 0.941. The molecule has 0 unspecified atom stereocenters. The van der Waals surface area contributed by atoms with Gasteiger partial charge in [-0.3, -0.25) is 4.68 Å². The Labute approximate surface area is 91.9 Å². The summed E-state index contributed by atoms with van der Waals surface area (Å²) >= 11 is 0. The second-order valence-electron chi connectivity index (χ2n) is 4.55. The van der Waals surface area contributed by atoms with E-state index >= 15 is 0 Å². The first-order valence-electron chi connectivity index (χ1n) is 6.04. The van der Waals surface area contributed by atoms with Gasteiger partial charge in [0, 0.05) is 31.9 Å². The quantitative estimate of drug-likeness (QED) is 0.745. The van der Waals surface area contributed by atoms with E-state index in [-0.39, 0.29) is 0 Å². The van der Waals surface area contributed by atoms with Gasteiger partial charge in [-0.2, -0.15) is 5.10 Å². The molecule has 0 atom stereocenters. The third kappa shape index (κ3) is 3.06. The van der Waals surface area contributed by atoms with Crippen molar-refractivity contribution in [2.75, 3.05) is 13.1 Å². The van der Waals surface area contributed by atoms with Crippen LogP contribution in [0.25, 0.3) is 0 Å². The van der Waals surface area contributed by atoms with Crippen molar-refractivity contribution in [1.82, 2.24) is 15.1 Å². The van der Waals surface area contributed by atoms with Crippen LogP contribution in [0.5, 0.6) is 0 Å². The summed E-state index contributed by atoms with van der Waals surface area (Å²) in [6, 6.07) is 2.09. The monoisotopic (exact) mass is 207 g/mol. The molecule has 0 amide bonds. The van der Waals surface area contributed by atoms with E-state index in [0.717, 1.165) is 18.9 Å². The van der Waals surface area contributed by atoms with Crippen molar-refractivity contribution < 1.29 is 0 Å². The van der Waals surface area contributed by atoms with Gasteiger partial charge >= 0.3 is 0 Å². The van der Waals surface area contributed by atoms with Gasteiger partial charge in [-0.05, 0) is 31.4 Å². The Hall–Kier alpha value is -0.830. The SMILES string of the molecule is Cn1nccc1CCNCC1CCCC1. The van der Waals surface area contributed by atoms with Crippen molar-refractivity contribution >= 4 is 0 Å². The van der Waals surface area contributed by atoms with E-state index in [1.165, 1.54) is 37.9 Å². The molecule has 0 saturated heterocycles. The van der Waals surface area contributed by atoms with Gasteiger partial charge in [0.1, 0.15) is 0 Å². The summed E-state index contributed by atoms with van der Waals surface area (Å²) in [5.74, 6) is 0.941. The smallest absolute Gasteiger partial charge is 0.0492 e. The lowest BCUT2D eigenvalue weighted by Crippen LogP contribution is -2.24. The van der Waals surface area contributed by atoms with Crippen LogP contribution < -0.4 is 5.32 Å². The fourth-order valence-electron chi connectivity index (χ4n) is 2.38. The van der Waals surface area contributed by atoms with Gasteiger partial charge in [-0.15, -0.1) is 0 Å². The largest absolute Gasteiger partial charge is 0.316 e. The first-order valence-corrected chi connectivity index (χ1v) is 6.04. The van der Waals surface area contributed by atoms with E-state index in [1.54, 1.807) is 0 Å². The number of nitrogens with zero attached hydrogens (tertiary/aromatic N) is 2. The molecule has 1 aromatic heterocycles. The van der Waals surface area contributed by atoms with E-state index in [9.17, 15) is 0 Å². The third-order valence-corrected chi connectivity index (χ3v) is 3.39. The maximum atomic E-state index is 4.16. The Kier molecular flexibility index (Phi) is 3.78. The van der Waals surface area contributed by atoms with E-state index in [2.05, 4.69) is 16.5 Å².